The highest BCUT2D eigenvalue weighted by atomic mass is 32.1. The maximum absolute atomic E-state index is 13.1. The van der Waals surface area contributed by atoms with Crippen LogP contribution in [0.3, 0.4) is 0 Å². The highest BCUT2D eigenvalue weighted by Crippen LogP contribution is 2.11. The number of carbonyl (C=O) groups excluding carboxylic acids is 1. The van der Waals surface area contributed by atoms with Crippen LogP contribution in [0.25, 0.3) is 0 Å². The van der Waals surface area contributed by atoms with Gasteiger partial charge in [-0.25, -0.2) is 8.78 Å². The third-order valence-electron chi connectivity index (χ3n) is 1.84. The highest BCUT2D eigenvalue weighted by Gasteiger charge is 2.17. The third-order valence-corrected chi connectivity index (χ3v) is 2.39. The van der Waals surface area contributed by atoms with E-state index in [-0.39, 0.29) is 6.04 Å². The fourth-order valence-electron chi connectivity index (χ4n) is 1.06. The molecule has 15 heavy (non-hydrogen) atoms. The van der Waals surface area contributed by atoms with Gasteiger partial charge >= 0.3 is 0 Å². The number of carbonyl (C=O) groups is 1. The summed E-state index contributed by atoms with van der Waals surface area (Å²) in [6, 6.07) is 3.07. The van der Waals surface area contributed by atoms with Crippen LogP contribution in [0.2, 0.25) is 0 Å². The fraction of sp³-hybridized carbons (Fsp3) is 0.300. The summed E-state index contributed by atoms with van der Waals surface area (Å²) in [6.07, 6.45) is 0. The molecule has 0 heterocycles. The van der Waals surface area contributed by atoms with E-state index in [2.05, 4.69) is 17.9 Å². The van der Waals surface area contributed by atoms with Gasteiger partial charge in [-0.1, -0.05) is 6.07 Å². The molecule has 1 atom stereocenters. The van der Waals surface area contributed by atoms with Crippen LogP contribution >= 0.6 is 12.6 Å². The van der Waals surface area contributed by atoms with Gasteiger partial charge in [0.1, 0.15) is 17.2 Å². The van der Waals surface area contributed by atoms with Crippen LogP contribution in [0, 0.1) is 11.6 Å². The largest absolute Gasteiger partial charge is 0.349 e. The van der Waals surface area contributed by atoms with E-state index in [4.69, 9.17) is 0 Å². The molecule has 1 aromatic rings. The molecule has 1 aromatic carbocycles. The Morgan fingerprint density at radius 1 is 1.47 bits per heavy atom. The van der Waals surface area contributed by atoms with Gasteiger partial charge in [-0.3, -0.25) is 4.79 Å². The molecular weight excluding hydrogens is 220 g/mol. The second-order valence-corrected chi connectivity index (χ2v) is 3.52. The summed E-state index contributed by atoms with van der Waals surface area (Å²) in [7, 11) is 0. The number of hydrogen-bond donors (Lipinski definition) is 2. The van der Waals surface area contributed by atoms with Gasteiger partial charge in [-0.15, -0.1) is 0 Å². The van der Waals surface area contributed by atoms with Gasteiger partial charge < -0.3 is 5.32 Å². The van der Waals surface area contributed by atoms with E-state index in [0.717, 1.165) is 12.1 Å². The van der Waals surface area contributed by atoms with Gasteiger partial charge in [-0.2, -0.15) is 12.6 Å². The van der Waals surface area contributed by atoms with Crippen LogP contribution < -0.4 is 5.32 Å². The van der Waals surface area contributed by atoms with Crippen LogP contribution in [0.15, 0.2) is 18.2 Å². The zero-order valence-corrected chi connectivity index (χ0v) is 9.02. The lowest BCUT2D eigenvalue weighted by atomic mass is 10.1. The van der Waals surface area contributed by atoms with E-state index in [1.165, 1.54) is 6.07 Å². The lowest BCUT2D eigenvalue weighted by molar-refractivity contribution is 0.0935. The van der Waals surface area contributed by atoms with Crippen molar-refractivity contribution in [1.82, 2.24) is 5.32 Å². The van der Waals surface area contributed by atoms with Gasteiger partial charge in [0, 0.05) is 11.8 Å². The van der Waals surface area contributed by atoms with Crippen molar-refractivity contribution in [3.8, 4) is 0 Å². The quantitative estimate of drug-likeness (QED) is 0.766. The Bertz CT molecular complexity index is 350. The zero-order chi connectivity index (χ0) is 11.4. The minimum Gasteiger partial charge on any atom is -0.349 e. The predicted octanol–water partition coefficient (Wildman–Crippen LogP) is 2.01. The van der Waals surface area contributed by atoms with E-state index in [0.29, 0.717) is 5.75 Å². The number of hydrogen-bond acceptors (Lipinski definition) is 2. The first-order valence-electron chi connectivity index (χ1n) is 4.42. The van der Waals surface area contributed by atoms with Gasteiger partial charge in [0.15, 0.2) is 0 Å². The third kappa shape index (κ3) is 2.92. The molecule has 0 saturated carbocycles. The highest BCUT2D eigenvalue weighted by molar-refractivity contribution is 7.80. The van der Waals surface area contributed by atoms with Crippen LogP contribution in [-0.2, 0) is 0 Å². The van der Waals surface area contributed by atoms with Crippen LogP contribution in [0.1, 0.15) is 17.3 Å². The average Bonchev–Trinajstić information content (AvgIpc) is 2.17. The Morgan fingerprint density at radius 2 is 2.00 bits per heavy atom. The summed E-state index contributed by atoms with van der Waals surface area (Å²) in [5.74, 6) is -2.08. The van der Waals surface area contributed by atoms with Crippen molar-refractivity contribution in [2.45, 2.75) is 13.0 Å². The molecule has 0 aliphatic heterocycles. The SMILES string of the molecule is CC(CS)NC(=O)c1c(F)cccc1F. The molecule has 2 nitrogen and oxygen atoms in total. The first-order valence-corrected chi connectivity index (χ1v) is 5.05. The van der Waals surface area contributed by atoms with Crippen molar-refractivity contribution >= 4 is 18.5 Å². The van der Waals surface area contributed by atoms with Crippen molar-refractivity contribution in [3.05, 3.63) is 35.4 Å². The van der Waals surface area contributed by atoms with Crippen molar-refractivity contribution in [2.24, 2.45) is 0 Å². The van der Waals surface area contributed by atoms with Crippen LogP contribution in [0.5, 0.6) is 0 Å². The van der Waals surface area contributed by atoms with E-state index in [1.807, 2.05) is 0 Å². The molecule has 0 bridgehead atoms. The second-order valence-electron chi connectivity index (χ2n) is 3.15. The topological polar surface area (TPSA) is 29.1 Å². The Labute approximate surface area is 92.1 Å². The molecule has 0 spiro atoms. The first-order chi connectivity index (χ1) is 7.06. The summed E-state index contributed by atoms with van der Waals surface area (Å²) in [6.45, 7) is 1.70. The monoisotopic (exact) mass is 231 g/mol. The van der Waals surface area contributed by atoms with Crippen molar-refractivity contribution < 1.29 is 13.6 Å². The Hall–Kier alpha value is -1.10. The van der Waals surface area contributed by atoms with Gasteiger partial charge in [0.2, 0.25) is 0 Å². The molecule has 1 amide bonds. The molecule has 0 aromatic heterocycles. The second kappa shape index (κ2) is 5.11. The van der Waals surface area contributed by atoms with Crippen molar-refractivity contribution in [1.29, 1.82) is 0 Å². The average molecular weight is 231 g/mol. The summed E-state index contributed by atoms with van der Waals surface area (Å²) >= 11 is 3.95. The number of amides is 1. The maximum Gasteiger partial charge on any atom is 0.257 e. The molecule has 0 aliphatic rings. The van der Waals surface area contributed by atoms with Gasteiger partial charge in [-0.05, 0) is 19.1 Å². The summed E-state index contributed by atoms with van der Waals surface area (Å²) in [5, 5.41) is 2.43. The maximum atomic E-state index is 13.1. The minimum atomic E-state index is -0.862. The molecule has 0 aliphatic carbocycles. The molecule has 1 unspecified atom stereocenters. The predicted molar refractivity (Wildman–Crippen MR) is 57.1 cm³/mol. The van der Waals surface area contributed by atoms with Crippen molar-refractivity contribution in [3.63, 3.8) is 0 Å². The number of halogens is 2. The summed E-state index contributed by atoms with van der Waals surface area (Å²) in [4.78, 5) is 11.4. The molecule has 1 N–H and O–H groups in total. The number of nitrogens with one attached hydrogen (secondary N) is 1. The van der Waals surface area contributed by atoms with E-state index in [9.17, 15) is 13.6 Å². The lowest BCUT2D eigenvalue weighted by Crippen LogP contribution is -2.34. The number of thiol groups is 1. The lowest BCUT2D eigenvalue weighted by Gasteiger charge is -2.11. The molecule has 0 radical (unpaired) electrons. The molecule has 5 heteroatoms. The normalized spacial score (nSPS) is 12.3. The van der Waals surface area contributed by atoms with E-state index >= 15 is 0 Å². The zero-order valence-electron chi connectivity index (χ0n) is 8.13. The number of rotatable bonds is 3. The molecule has 0 fully saturated rings. The minimum absolute atomic E-state index is 0.236. The standard InChI is InChI=1S/C10H11F2NOS/c1-6(5-15)13-10(14)9-7(11)3-2-4-8(9)12/h2-4,6,15H,5H2,1H3,(H,13,14). The Balaban J connectivity index is 2.91. The van der Waals surface area contributed by atoms with Crippen molar-refractivity contribution in [2.75, 3.05) is 5.75 Å². The van der Waals surface area contributed by atoms with Gasteiger partial charge in [0.05, 0.1) is 0 Å². The molecule has 0 saturated heterocycles. The fourth-order valence-corrected chi connectivity index (χ4v) is 1.15. The van der Waals surface area contributed by atoms with Crippen LogP contribution in [-0.4, -0.2) is 17.7 Å². The Morgan fingerprint density at radius 3 is 2.47 bits per heavy atom. The summed E-state index contributed by atoms with van der Waals surface area (Å²) < 4.78 is 26.3. The molecule has 82 valence electrons. The van der Waals surface area contributed by atoms with Gasteiger partial charge in [0.25, 0.3) is 5.91 Å². The van der Waals surface area contributed by atoms with Crippen LogP contribution in [0.4, 0.5) is 8.78 Å². The summed E-state index contributed by atoms with van der Waals surface area (Å²) in [5.41, 5.74) is -0.550. The molecule has 1 rings (SSSR count). The number of benzene rings is 1. The van der Waals surface area contributed by atoms with E-state index < -0.39 is 23.1 Å². The Kier molecular flexibility index (Phi) is 4.08. The van der Waals surface area contributed by atoms with E-state index in [1.54, 1.807) is 6.92 Å². The smallest absolute Gasteiger partial charge is 0.257 e. The first kappa shape index (κ1) is 12.0. The molecular formula is C10H11F2NOS.